The van der Waals surface area contributed by atoms with E-state index in [0.29, 0.717) is 17.1 Å². The predicted octanol–water partition coefficient (Wildman–Crippen LogP) is 2.58. The molecule has 0 fully saturated rings. The van der Waals surface area contributed by atoms with Crippen LogP contribution in [-0.4, -0.2) is 22.1 Å². The van der Waals surface area contributed by atoms with Gasteiger partial charge in [0.15, 0.2) is 0 Å². The molecule has 0 aliphatic rings. The third-order valence-corrected chi connectivity index (χ3v) is 3.16. The lowest BCUT2D eigenvalue weighted by Crippen LogP contribution is -2.14. The molecule has 0 spiro atoms. The van der Waals surface area contributed by atoms with Gasteiger partial charge in [-0.2, -0.15) is 4.98 Å². The molecule has 1 heterocycles. The summed E-state index contributed by atoms with van der Waals surface area (Å²) in [6.07, 6.45) is 1.97. The lowest BCUT2D eigenvalue weighted by Gasteiger charge is -2.09. The Hall–Kier alpha value is -2.08. The highest BCUT2D eigenvalue weighted by molar-refractivity contribution is 7.98. The number of hydrogen-bond donors (Lipinski definition) is 2. The maximum atomic E-state index is 7.41. The van der Waals surface area contributed by atoms with Gasteiger partial charge in [0.2, 0.25) is 0 Å². The fourth-order valence-electron chi connectivity index (χ4n) is 1.53. The van der Waals surface area contributed by atoms with Crippen molar-refractivity contribution < 1.29 is 4.74 Å². The smallest absolute Gasteiger partial charge is 0.322 e. The van der Waals surface area contributed by atoms with Gasteiger partial charge in [0, 0.05) is 10.6 Å². The minimum absolute atomic E-state index is 0.103. The van der Waals surface area contributed by atoms with Crippen molar-refractivity contribution in [2.24, 2.45) is 5.73 Å². The Balaban J connectivity index is 2.35. The van der Waals surface area contributed by atoms with Gasteiger partial charge in [-0.1, -0.05) is 12.1 Å². The number of benzene rings is 1. The summed E-state index contributed by atoms with van der Waals surface area (Å²) in [4.78, 5) is 9.30. The summed E-state index contributed by atoms with van der Waals surface area (Å²) >= 11 is 1.58. The van der Waals surface area contributed by atoms with E-state index in [1.54, 1.807) is 24.8 Å². The van der Waals surface area contributed by atoms with Crippen LogP contribution in [0.25, 0.3) is 0 Å². The number of hydrogen-bond acceptors (Lipinski definition) is 5. The van der Waals surface area contributed by atoms with E-state index in [4.69, 9.17) is 15.9 Å². The van der Waals surface area contributed by atoms with Crippen molar-refractivity contribution in [2.75, 3.05) is 6.26 Å². The minimum Gasteiger partial charge on any atom is -0.423 e. The zero-order valence-corrected chi connectivity index (χ0v) is 11.5. The molecule has 19 heavy (non-hydrogen) atoms. The van der Waals surface area contributed by atoms with Crippen molar-refractivity contribution >= 4 is 17.6 Å². The van der Waals surface area contributed by atoms with Gasteiger partial charge in [-0.05, 0) is 31.4 Å². The van der Waals surface area contributed by atoms with Crippen LogP contribution in [0.1, 0.15) is 11.4 Å². The molecule has 98 valence electrons. The van der Waals surface area contributed by atoms with E-state index in [0.717, 1.165) is 4.90 Å². The van der Waals surface area contributed by atoms with Crippen molar-refractivity contribution in [3.63, 3.8) is 0 Å². The van der Waals surface area contributed by atoms with Crippen molar-refractivity contribution in [3.8, 4) is 11.8 Å². The quantitative estimate of drug-likeness (QED) is 0.508. The number of para-hydroxylation sites is 1. The maximum absolute atomic E-state index is 7.41. The van der Waals surface area contributed by atoms with Crippen LogP contribution >= 0.6 is 11.8 Å². The van der Waals surface area contributed by atoms with E-state index < -0.39 is 0 Å². The highest BCUT2D eigenvalue weighted by atomic mass is 32.2. The molecule has 0 atom stereocenters. The Labute approximate surface area is 115 Å². The molecule has 0 aliphatic heterocycles. The molecule has 1 aromatic carbocycles. The maximum Gasteiger partial charge on any atom is 0.322 e. The van der Waals surface area contributed by atoms with Crippen LogP contribution in [0.2, 0.25) is 0 Å². The summed E-state index contributed by atoms with van der Waals surface area (Å²) in [7, 11) is 0. The molecular weight excluding hydrogens is 260 g/mol. The van der Waals surface area contributed by atoms with E-state index in [1.165, 1.54) is 0 Å². The van der Waals surface area contributed by atoms with Crippen LogP contribution in [0.5, 0.6) is 11.8 Å². The number of aromatic nitrogens is 2. The Morgan fingerprint density at radius 2 is 2.05 bits per heavy atom. The van der Waals surface area contributed by atoms with Gasteiger partial charge in [-0.3, -0.25) is 5.41 Å². The number of nitrogens with zero attached hydrogens (tertiary/aromatic N) is 2. The lowest BCUT2D eigenvalue weighted by atomic mass is 10.3. The summed E-state index contributed by atoms with van der Waals surface area (Å²) in [5.41, 5.74) is 6.50. The summed E-state index contributed by atoms with van der Waals surface area (Å²) in [5, 5.41) is 7.41. The number of rotatable bonds is 4. The first-order chi connectivity index (χ1) is 9.10. The first kappa shape index (κ1) is 13.4. The van der Waals surface area contributed by atoms with Crippen LogP contribution in [0, 0.1) is 12.3 Å². The largest absolute Gasteiger partial charge is 0.423 e. The minimum atomic E-state index is -0.103. The second-order valence-electron chi connectivity index (χ2n) is 3.84. The predicted molar refractivity (Wildman–Crippen MR) is 76.1 cm³/mol. The average molecular weight is 274 g/mol. The number of aryl methyl sites for hydroxylation is 1. The standard InChI is InChI=1S/C13H14N4OS/c1-8-7-9(12(14)15)17-13(16-8)18-10-5-3-4-6-11(10)19-2/h3-7H,1-2H3,(H3,14,15). The summed E-state index contributed by atoms with van der Waals surface area (Å²) in [6.45, 7) is 1.81. The molecule has 1 aromatic heterocycles. The van der Waals surface area contributed by atoms with Gasteiger partial charge in [0.1, 0.15) is 17.3 Å². The van der Waals surface area contributed by atoms with E-state index in [2.05, 4.69) is 9.97 Å². The number of thioether (sulfide) groups is 1. The summed E-state index contributed by atoms with van der Waals surface area (Å²) in [6, 6.07) is 9.49. The topological polar surface area (TPSA) is 84.9 Å². The molecular formula is C13H14N4OS. The van der Waals surface area contributed by atoms with E-state index in [9.17, 15) is 0 Å². The molecule has 2 aromatic rings. The number of nitrogens with one attached hydrogen (secondary N) is 1. The lowest BCUT2D eigenvalue weighted by molar-refractivity contribution is 0.430. The molecule has 0 amide bonds. The van der Waals surface area contributed by atoms with Gasteiger partial charge in [0.05, 0.1) is 0 Å². The monoisotopic (exact) mass is 274 g/mol. The van der Waals surface area contributed by atoms with Crippen molar-refractivity contribution in [3.05, 3.63) is 41.7 Å². The Bertz CT molecular complexity index is 615. The van der Waals surface area contributed by atoms with Gasteiger partial charge in [-0.15, -0.1) is 11.8 Å². The highest BCUT2D eigenvalue weighted by Gasteiger charge is 2.09. The van der Waals surface area contributed by atoms with Crippen LogP contribution in [0.3, 0.4) is 0 Å². The van der Waals surface area contributed by atoms with Crippen LogP contribution < -0.4 is 10.5 Å². The zero-order chi connectivity index (χ0) is 13.8. The molecule has 5 nitrogen and oxygen atoms in total. The Morgan fingerprint density at radius 1 is 1.32 bits per heavy atom. The highest BCUT2D eigenvalue weighted by Crippen LogP contribution is 2.29. The van der Waals surface area contributed by atoms with Crippen LogP contribution in [0.4, 0.5) is 0 Å². The fraction of sp³-hybridized carbons (Fsp3) is 0.154. The summed E-state index contributed by atoms with van der Waals surface area (Å²) in [5.74, 6) is 0.587. The molecule has 0 radical (unpaired) electrons. The Kier molecular flexibility index (Phi) is 4.01. The molecule has 3 N–H and O–H groups in total. The second-order valence-corrected chi connectivity index (χ2v) is 4.69. The molecule has 0 aliphatic carbocycles. The molecule has 0 bridgehead atoms. The van der Waals surface area contributed by atoms with Gasteiger partial charge in [0.25, 0.3) is 0 Å². The van der Waals surface area contributed by atoms with E-state index >= 15 is 0 Å². The number of amidine groups is 1. The first-order valence-corrected chi connectivity index (χ1v) is 6.83. The van der Waals surface area contributed by atoms with E-state index in [-0.39, 0.29) is 11.8 Å². The average Bonchev–Trinajstić information content (AvgIpc) is 2.38. The number of nitrogens with two attached hydrogens (primary N) is 1. The zero-order valence-electron chi connectivity index (χ0n) is 10.7. The van der Waals surface area contributed by atoms with Gasteiger partial charge < -0.3 is 10.5 Å². The number of nitrogen functional groups attached to an aromatic ring is 1. The Morgan fingerprint density at radius 3 is 2.74 bits per heavy atom. The fourth-order valence-corrected chi connectivity index (χ4v) is 2.05. The van der Waals surface area contributed by atoms with Crippen molar-refractivity contribution in [1.29, 1.82) is 5.41 Å². The number of ether oxygens (including phenoxy) is 1. The van der Waals surface area contributed by atoms with Crippen LogP contribution in [-0.2, 0) is 0 Å². The molecule has 0 saturated carbocycles. The van der Waals surface area contributed by atoms with Crippen molar-refractivity contribution in [2.45, 2.75) is 11.8 Å². The molecule has 6 heteroatoms. The SMILES string of the molecule is CSc1ccccc1Oc1nc(C)cc(C(=N)N)n1. The third kappa shape index (κ3) is 3.23. The van der Waals surface area contributed by atoms with E-state index in [1.807, 2.05) is 30.5 Å². The molecule has 0 unspecified atom stereocenters. The van der Waals surface area contributed by atoms with Gasteiger partial charge >= 0.3 is 6.01 Å². The van der Waals surface area contributed by atoms with Crippen molar-refractivity contribution in [1.82, 2.24) is 9.97 Å². The second kappa shape index (κ2) is 5.71. The first-order valence-electron chi connectivity index (χ1n) is 5.61. The normalized spacial score (nSPS) is 10.2. The third-order valence-electron chi connectivity index (χ3n) is 2.38. The summed E-state index contributed by atoms with van der Waals surface area (Å²) < 4.78 is 5.68. The molecule has 2 rings (SSSR count). The van der Waals surface area contributed by atoms with Crippen LogP contribution in [0.15, 0.2) is 35.2 Å². The van der Waals surface area contributed by atoms with Gasteiger partial charge in [-0.25, -0.2) is 4.98 Å². The molecule has 0 saturated heterocycles.